The summed E-state index contributed by atoms with van der Waals surface area (Å²) >= 11 is 0. The lowest BCUT2D eigenvalue weighted by atomic mass is 10.1. The minimum atomic E-state index is -4.75. The molecule has 0 fully saturated rings. The summed E-state index contributed by atoms with van der Waals surface area (Å²) in [5.74, 6) is -0.173. The third-order valence-corrected chi connectivity index (χ3v) is 4.14. The molecule has 0 amide bonds. The number of pyridine rings is 1. The minimum Gasteiger partial charge on any atom is -0.483 e. The number of hydrogen-bond donors (Lipinski definition) is 0. The van der Waals surface area contributed by atoms with Crippen molar-refractivity contribution in [3.63, 3.8) is 0 Å². The van der Waals surface area contributed by atoms with Gasteiger partial charge >= 0.3 is 18.2 Å². The highest BCUT2D eigenvalue weighted by Crippen LogP contribution is 2.27. The Hall–Kier alpha value is -3.83. The SMILES string of the molecule is O=[N+]([O-])c1cn2c(n1)OC[C@@H](Oc1ccc(-c3ccc(OC(F)(F)F)cc3)nc1)C2. The number of halogens is 3. The third kappa shape index (κ3) is 4.42. The van der Waals surface area contributed by atoms with E-state index in [4.69, 9.17) is 9.47 Å². The highest BCUT2D eigenvalue weighted by molar-refractivity contribution is 5.60. The van der Waals surface area contributed by atoms with Crippen LogP contribution in [-0.4, -0.2) is 38.5 Å². The summed E-state index contributed by atoms with van der Waals surface area (Å²) in [6.07, 6.45) is -2.40. The van der Waals surface area contributed by atoms with Crippen molar-refractivity contribution in [1.29, 1.82) is 0 Å². The quantitative estimate of drug-likeness (QED) is 0.457. The summed E-state index contributed by atoms with van der Waals surface area (Å²) < 4.78 is 53.2. The molecule has 1 atom stereocenters. The van der Waals surface area contributed by atoms with E-state index in [1.54, 1.807) is 12.1 Å². The molecule has 0 radical (unpaired) electrons. The van der Waals surface area contributed by atoms with Crippen molar-refractivity contribution in [3.05, 3.63) is 58.9 Å². The normalized spacial score (nSPS) is 15.8. The average Bonchev–Trinajstić information content (AvgIpc) is 3.12. The van der Waals surface area contributed by atoms with E-state index in [2.05, 4.69) is 14.7 Å². The standard InChI is InChI=1S/C18H13F3N4O5/c19-18(20,21)30-12-3-1-11(2-4-12)15-6-5-13(7-22-15)29-14-8-24-9-16(25(26)27)23-17(24)28-10-14/h1-7,9,14H,8,10H2/t14-/m0/s1. The predicted molar refractivity (Wildman–Crippen MR) is 95.1 cm³/mol. The van der Waals surface area contributed by atoms with E-state index in [0.29, 0.717) is 23.6 Å². The van der Waals surface area contributed by atoms with Gasteiger partial charge in [-0.05, 0) is 41.3 Å². The van der Waals surface area contributed by atoms with Crippen molar-refractivity contribution in [3.8, 4) is 28.8 Å². The summed E-state index contributed by atoms with van der Waals surface area (Å²) in [6, 6.07) is 8.82. The van der Waals surface area contributed by atoms with Crippen molar-refractivity contribution < 1.29 is 32.3 Å². The molecule has 156 valence electrons. The van der Waals surface area contributed by atoms with Gasteiger partial charge in [0.05, 0.1) is 18.4 Å². The minimum absolute atomic E-state index is 0.160. The zero-order valence-corrected chi connectivity index (χ0v) is 15.1. The van der Waals surface area contributed by atoms with Crippen LogP contribution in [0.2, 0.25) is 0 Å². The van der Waals surface area contributed by atoms with Crippen molar-refractivity contribution >= 4 is 5.82 Å². The highest BCUT2D eigenvalue weighted by atomic mass is 19.4. The van der Waals surface area contributed by atoms with E-state index in [1.807, 2.05) is 0 Å². The predicted octanol–water partition coefficient (Wildman–Crippen LogP) is 3.59. The number of hydrogen-bond acceptors (Lipinski definition) is 7. The number of aromatic nitrogens is 3. The van der Waals surface area contributed by atoms with Crippen LogP contribution >= 0.6 is 0 Å². The van der Waals surface area contributed by atoms with Crippen molar-refractivity contribution in [1.82, 2.24) is 14.5 Å². The van der Waals surface area contributed by atoms with Crippen LogP contribution in [-0.2, 0) is 6.54 Å². The summed E-state index contributed by atoms with van der Waals surface area (Å²) in [7, 11) is 0. The lowest BCUT2D eigenvalue weighted by Crippen LogP contribution is -2.34. The maximum atomic E-state index is 12.2. The number of nitrogens with zero attached hydrogens (tertiary/aromatic N) is 4. The van der Waals surface area contributed by atoms with Gasteiger partial charge in [-0.25, -0.2) is 0 Å². The molecule has 0 saturated carbocycles. The van der Waals surface area contributed by atoms with Crippen LogP contribution in [0.25, 0.3) is 11.3 Å². The van der Waals surface area contributed by atoms with Gasteiger partial charge in [-0.1, -0.05) is 0 Å². The Morgan fingerprint density at radius 2 is 1.90 bits per heavy atom. The maximum Gasteiger partial charge on any atom is 0.573 e. The van der Waals surface area contributed by atoms with E-state index in [-0.39, 0.29) is 24.2 Å². The van der Waals surface area contributed by atoms with Crippen molar-refractivity contribution in [2.24, 2.45) is 0 Å². The Labute approximate surface area is 166 Å². The second-order valence-electron chi connectivity index (χ2n) is 6.29. The second-order valence-corrected chi connectivity index (χ2v) is 6.29. The van der Waals surface area contributed by atoms with E-state index in [0.717, 1.165) is 0 Å². The fourth-order valence-electron chi connectivity index (χ4n) is 2.87. The Balaban J connectivity index is 1.40. The van der Waals surface area contributed by atoms with E-state index < -0.39 is 17.4 Å². The van der Waals surface area contributed by atoms with Crippen LogP contribution in [0.15, 0.2) is 48.8 Å². The lowest BCUT2D eigenvalue weighted by Gasteiger charge is -2.23. The Kier molecular flexibility index (Phi) is 4.90. The first-order chi connectivity index (χ1) is 14.3. The summed E-state index contributed by atoms with van der Waals surface area (Å²) in [4.78, 5) is 18.2. The van der Waals surface area contributed by atoms with Gasteiger partial charge in [-0.3, -0.25) is 9.55 Å². The van der Waals surface area contributed by atoms with Crippen LogP contribution in [0, 0.1) is 10.1 Å². The van der Waals surface area contributed by atoms with Gasteiger partial charge in [0.1, 0.15) is 24.3 Å². The first-order valence-corrected chi connectivity index (χ1v) is 8.60. The lowest BCUT2D eigenvalue weighted by molar-refractivity contribution is -0.389. The largest absolute Gasteiger partial charge is 0.573 e. The molecule has 2 aromatic heterocycles. The number of ether oxygens (including phenoxy) is 3. The molecule has 0 saturated heterocycles. The van der Waals surface area contributed by atoms with Gasteiger partial charge in [0.25, 0.3) is 0 Å². The Morgan fingerprint density at radius 3 is 2.53 bits per heavy atom. The number of rotatable bonds is 5. The zero-order chi connectivity index (χ0) is 21.3. The molecule has 0 aliphatic carbocycles. The molecule has 0 bridgehead atoms. The summed E-state index contributed by atoms with van der Waals surface area (Å²) in [5, 5.41) is 10.8. The average molecular weight is 422 g/mol. The fraction of sp³-hybridized carbons (Fsp3) is 0.222. The summed E-state index contributed by atoms with van der Waals surface area (Å²) in [6.45, 7) is 0.481. The maximum absolute atomic E-state index is 12.2. The van der Waals surface area contributed by atoms with Gasteiger partial charge in [0, 0.05) is 10.5 Å². The Bertz CT molecular complexity index is 1050. The monoisotopic (exact) mass is 422 g/mol. The number of fused-ring (bicyclic) bond motifs is 1. The van der Waals surface area contributed by atoms with Crippen LogP contribution in [0.4, 0.5) is 19.0 Å². The van der Waals surface area contributed by atoms with Gasteiger partial charge in [-0.2, -0.15) is 0 Å². The molecule has 9 nitrogen and oxygen atoms in total. The molecule has 0 spiro atoms. The molecule has 1 aliphatic rings. The Morgan fingerprint density at radius 1 is 1.17 bits per heavy atom. The van der Waals surface area contributed by atoms with Crippen LogP contribution in [0.1, 0.15) is 0 Å². The molecule has 30 heavy (non-hydrogen) atoms. The second kappa shape index (κ2) is 7.54. The van der Waals surface area contributed by atoms with Crippen LogP contribution in [0.5, 0.6) is 17.5 Å². The van der Waals surface area contributed by atoms with Crippen molar-refractivity contribution in [2.75, 3.05) is 6.61 Å². The molecule has 0 N–H and O–H groups in total. The topological polar surface area (TPSA) is 102 Å². The van der Waals surface area contributed by atoms with Crippen LogP contribution < -0.4 is 14.2 Å². The number of alkyl halides is 3. The molecule has 0 unspecified atom stereocenters. The smallest absolute Gasteiger partial charge is 0.483 e. The molecular formula is C18H13F3N4O5. The van der Waals surface area contributed by atoms with Crippen molar-refractivity contribution in [2.45, 2.75) is 19.0 Å². The first kappa shape index (κ1) is 19.5. The summed E-state index contributed by atoms with van der Waals surface area (Å²) in [5.41, 5.74) is 1.14. The number of benzene rings is 1. The number of imidazole rings is 1. The van der Waals surface area contributed by atoms with E-state index >= 15 is 0 Å². The molecule has 1 aromatic carbocycles. The molecule has 3 aromatic rings. The van der Waals surface area contributed by atoms with Gasteiger partial charge in [-0.15, -0.1) is 13.2 Å². The van der Waals surface area contributed by atoms with Crippen LogP contribution in [0.3, 0.4) is 0 Å². The molecule has 12 heteroatoms. The third-order valence-electron chi connectivity index (χ3n) is 4.14. The van der Waals surface area contributed by atoms with E-state index in [1.165, 1.54) is 41.2 Å². The molecule has 1 aliphatic heterocycles. The van der Waals surface area contributed by atoms with Gasteiger partial charge in [0.15, 0.2) is 6.10 Å². The first-order valence-electron chi connectivity index (χ1n) is 8.60. The van der Waals surface area contributed by atoms with Gasteiger partial charge in [0.2, 0.25) is 0 Å². The molecule has 4 rings (SSSR count). The molecule has 3 heterocycles. The van der Waals surface area contributed by atoms with E-state index in [9.17, 15) is 23.3 Å². The van der Waals surface area contributed by atoms with Gasteiger partial charge < -0.3 is 24.3 Å². The number of nitro groups is 1. The zero-order valence-electron chi connectivity index (χ0n) is 15.1. The fourth-order valence-corrected chi connectivity index (χ4v) is 2.87. The highest BCUT2D eigenvalue weighted by Gasteiger charge is 2.31. The molecular weight excluding hydrogens is 409 g/mol.